The van der Waals surface area contributed by atoms with Crippen LogP contribution < -0.4 is 5.73 Å². The van der Waals surface area contributed by atoms with Gasteiger partial charge in [0.25, 0.3) is 0 Å². The van der Waals surface area contributed by atoms with Gasteiger partial charge >= 0.3 is 0 Å². The molecule has 0 spiro atoms. The minimum Gasteiger partial charge on any atom is -0.338 e. The molecule has 0 amide bonds. The maximum atomic E-state index is 6.08. The van der Waals surface area contributed by atoms with Crippen molar-refractivity contribution < 1.29 is 4.52 Å². The van der Waals surface area contributed by atoms with Gasteiger partial charge in [0.05, 0.1) is 6.04 Å². The standard InChI is InChI=1S/C15H27N3O/c1-3-5-9-13(16)15-17-14(18-19-15)12-8-6-7-11(4-2)10-12/h11-13H,3-10,16H2,1-2H3. The summed E-state index contributed by atoms with van der Waals surface area (Å²) in [4.78, 5) is 4.55. The minimum atomic E-state index is -0.0910. The Morgan fingerprint density at radius 3 is 2.95 bits per heavy atom. The van der Waals surface area contributed by atoms with E-state index in [0.29, 0.717) is 11.8 Å². The molecule has 1 aliphatic rings. The zero-order valence-electron chi connectivity index (χ0n) is 12.3. The number of hydrogen-bond donors (Lipinski definition) is 1. The summed E-state index contributed by atoms with van der Waals surface area (Å²) in [5.41, 5.74) is 6.08. The van der Waals surface area contributed by atoms with Crippen molar-refractivity contribution in [2.75, 3.05) is 0 Å². The summed E-state index contributed by atoms with van der Waals surface area (Å²) in [5, 5.41) is 4.17. The molecule has 1 fully saturated rings. The molecule has 0 saturated heterocycles. The highest BCUT2D eigenvalue weighted by Crippen LogP contribution is 2.36. The van der Waals surface area contributed by atoms with Gasteiger partial charge in [-0.25, -0.2) is 0 Å². The molecular weight excluding hydrogens is 238 g/mol. The fraction of sp³-hybridized carbons (Fsp3) is 0.867. The summed E-state index contributed by atoms with van der Waals surface area (Å²) in [6.45, 7) is 4.44. The lowest BCUT2D eigenvalue weighted by molar-refractivity contribution is 0.295. The lowest BCUT2D eigenvalue weighted by Gasteiger charge is -2.26. The van der Waals surface area contributed by atoms with Crippen molar-refractivity contribution in [2.45, 2.75) is 77.2 Å². The fourth-order valence-corrected chi connectivity index (χ4v) is 3.01. The van der Waals surface area contributed by atoms with Gasteiger partial charge in [0, 0.05) is 5.92 Å². The van der Waals surface area contributed by atoms with Crippen LogP contribution in [0, 0.1) is 5.92 Å². The van der Waals surface area contributed by atoms with Crippen LogP contribution in [0.1, 0.15) is 88.9 Å². The first-order valence-corrected chi connectivity index (χ1v) is 7.83. The lowest BCUT2D eigenvalue weighted by atomic mass is 9.80. The van der Waals surface area contributed by atoms with Crippen molar-refractivity contribution in [3.05, 3.63) is 11.7 Å². The van der Waals surface area contributed by atoms with E-state index in [-0.39, 0.29) is 6.04 Å². The maximum absolute atomic E-state index is 6.08. The first kappa shape index (κ1) is 14.5. The van der Waals surface area contributed by atoms with Crippen molar-refractivity contribution in [2.24, 2.45) is 11.7 Å². The second-order valence-corrected chi connectivity index (χ2v) is 5.88. The molecule has 1 aliphatic carbocycles. The highest BCUT2D eigenvalue weighted by atomic mass is 16.5. The normalized spacial score (nSPS) is 25.4. The number of aromatic nitrogens is 2. The Morgan fingerprint density at radius 2 is 2.21 bits per heavy atom. The van der Waals surface area contributed by atoms with Crippen LogP contribution in [-0.4, -0.2) is 10.1 Å². The van der Waals surface area contributed by atoms with Gasteiger partial charge < -0.3 is 10.3 Å². The van der Waals surface area contributed by atoms with Gasteiger partial charge in [-0.2, -0.15) is 4.98 Å². The third kappa shape index (κ3) is 3.78. The number of nitrogens with zero attached hydrogens (tertiary/aromatic N) is 2. The number of unbranched alkanes of at least 4 members (excludes halogenated alkanes) is 1. The first-order valence-electron chi connectivity index (χ1n) is 7.83. The van der Waals surface area contributed by atoms with E-state index in [0.717, 1.165) is 31.0 Å². The van der Waals surface area contributed by atoms with E-state index in [1.165, 1.54) is 32.1 Å². The van der Waals surface area contributed by atoms with Gasteiger partial charge in [0.2, 0.25) is 5.89 Å². The van der Waals surface area contributed by atoms with Crippen molar-refractivity contribution in [3.63, 3.8) is 0 Å². The highest BCUT2D eigenvalue weighted by molar-refractivity contribution is 5.00. The van der Waals surface area contributed by atoms with Gasteiger partial charge in [-0.05, 0) is 25.2 Å². The average molecular weight is 265 g/mol. The van der Waals surface area contributed by atoms with Crippen LogP contribution in [0.5, 0.6) is 0 Å². The molecule has 3 unspecified atom stereocenters. The predicted octanol–water partition coefficient (Wildman–Crippen LogP) is 3.94. The summed E-state index contributed by atoms with van der Waals surface area (Å²) < 4.78 is 5.36. The van der Waals surface area contributed by atoms with Crippen molar-refractivity contribution >= 4 is 0 Å². The lowest BCUT2D eigenvalue weighted by Crippen LogP contribution is -2.15. The molecular formula is C15H27N3O. The smallest absolute Gasteiger partial charge is 0.243 e. The highest BCUT2D eigenvalue weighted by Gasteiger charge is 2.26. The molecule has 2 N–H and O–H groups in total. The van der Waals surface area contributed by atoms with E-state index < -0.39 is 0 Å². The Balaban J connectivity index is 1.96. The Morgan fingerprint density at radius 1 is 1.37 bits per heavy atom. The maximum Gasteiger partial charge on any atom is 0.243 e. The van der Waals surface area contributed by atoms with Crippen molar-refractivity contribution in [3.8, 4) is 0 Å². The monoisotopic (exact) mass is 265 g/mol. The molecule has 1 heterocycles. The van der Waals surface area contributed by atoms with E-state index >= 15 is 0 Å². The van der Waals surface area contributed by atoms with E-state index in [1.807, 2.05) is 0 Å². The molecule has 2 rings (SSSR count). The summed E-state index contributed by atoms with van der Waals surface area (Å²) in [6, 6.07) is -0.0910. The number of hydrogen-bond acceptors (Lipinski definition) is 4. The van der Waals surface area contributed by atoms with E-state index in [2.05, 4.69) is 24.0 Å². The fourth-order valence-electron chi connectivity index (χ4n) is 3.01. The van der Waals surface area contributed by atoms with Gasteiger partial charge in [-0.1, -0.05) is 51.1 Å². The Kier molecular flexibility index (Phi) is 5.37. The summed E-state index contributed by atoms with van der Waals surface area (Å²) in [5.74, 6) is 2.83. The number of rotatable bonds is 6. The van der Waals surface area contributed by atoms with Gasteiger partial charge in [0.1, 0.15) is 0 Å². The van der Waals surface area contributed by atoms with Gasteiger partial charge in [-0.3, -0.25) is 0 Å². The Bertz CT molecular complexity index is 377. The topological polar surface area (TPSA) is 64.9 Å². The molecule has 1 aromatic rings. The molecule has 3 atom stereocenters. The molecule has 0 radical (unpaired) electrons. The third-order valence-corrected chi connectivity index (χ3v) is 4.37. The van der Waals surface area contributed by atoms with Crippen LogP contribution in [0.15, 0.2) is 4.52 Å². The molecule has 4 heteroatoms. The molecule has 1 aromatic heterocycles. The third-order valence-electron chi connectivity index (χ3n) is 4.37. The second-order valence-electron chi connectivity index (χ2n) is 5.88. The van der Waals surface area contributed by atoms with Crippen LogP contribution in [0.2, 0.25) is 0 Å². The Hall–Kier alpha value is -0.900. The quantitative estimate of drug-likeness (QED) is 0.846. The average Bonchev–Trinajstić information content (AvgIpc) is 2.94. The number of nitrogens with two attached hydrogens (primary N) is 1. The van der Waals surface area contributed by atoms with E-state index in [1.54, 1.807) is 0 Å². The van der Waals surface area contributed by atoms with Crippen LogP contribution in [0.4, 0.5) is 0 Å². The summed E-state index contributed by atoms with van der Waals surface area (Å²) in [6.07, 6.45) is 9.50. The van der Waals surface area contributed by atoms with E-state index in [4.69, 9.17) is 10.3 Å². The molecule has 108 valence electrons. The molecule has 19 heavy (non-hydrogen) atoms. The molecule has 0 bridgehead atoms. The zero-order chi connectivity index (χ0) is 13.7. The molecule has 0 aromatic carbocycles. The largest absolute Gasteiger partial charge is 0.338 e. The predicted molar refractivity (Wildman–Crippen MR) is 75.7 cm³/mol. The van der Waals surface area contributed by atoms with Crippen LogP contribution in [-0.2, 0) is 0 Å². The minimum absolute atomic E-state index is 0.0910. The van der Waals surface area contributed by atoms with Gasteiger partial charge in [0.15, 0.2) is 5.82 Å². The van der Waals surface area contributed by atoms with Crippen LogP contribution >= 0.6 is 0 Å². The van der Waals surface area contributed by atoms with E-state index in [9.17, 15) is 0 Å². The summed E-state index contributed by atoms with van der Waals surface area (Å²) in [7, 11) is 0. The Labute approximate surface area is 116 Å². The van der Waals surface area contributed by atoms with Gasteiger partial charge in [-0.15, -0.1) is 0 Å². The SMILES string of the molecule is CCCCC(N)c1nc(C2CCCC(CC)C2)no1. The van der Waals surface area contributed by atoms with Crippen LogP contribution in [0.25, 0.3) is 0 Å². The van der Waals surface area contributed by atoms with Crippen molar-refractivity contribution in [1.29, 1.82) is 0 Å². The van der Waals surface area contributed by atoms with Crippen LogP contribution in [0.3, 0.4) is 0 Å². The molecule has 0 aliphatic heterocycles. The van der Waals surface area contributed by atoms with Crippen molar-refractivity contribution in [1.82, 2.24) is 10.1 Å². The first-order chi connectivity index (χ1) is 9.24. The summed E-state index contributed by atoms with van der Waals surface area (Å²) >= 11 is 0. The zero-order valence-corrected chi connectivity index (χ0v) is 12.3. The second kappa shape index (κ2) is 7.04. The molecule has 4 nitrogen and oxygen atoms in total. The molecule has 1 saturated carbocycles.